The molecule has 0 atom stereocenters. The maximum atomic E-state index is 11.2. The van der Waals surface area contributed by atoms with Gasteiger partial charge in [-0.05, 0) is 5.56 Å². The number of aromatic nitrogens is 2. The van der Waals surface area contributed by atoms with Gasteiger partial charge >= 0.3 is 0 Å². The summed E-state index contributed by atoms with van der Waals surface area (Å²) < 4.78 is 27.8. The summed E-state index contributed by atoms with van der Waals surface area (Å²) in [4.78, 5) is 7.48. The van der Waals surface area contributed by atoms with Gasteiger partial charge in [-0.25, -0.2) is 18.4 Å². The lowest BCUT2D eigenvalue weighted by atomic mass is 10.2. The minimum Gasteiger partial charge on any atom is -0.486 e. The van der Waals surface area contributed by atoms with Crippen LogP contribution in [0.3, 0.4) is 0 Å². The third kappa shape index (κ3) is 3.27. The zero-order chi connectivity index (χ0) is 13.0. The summed E-state index contributed by atoms with van der Waals surface area (Å²) in [6, 6.07) is 9.63. The number of hydrogen-bond acceptors (Lipinski definition) is 5. The van der Waals surface area contributed by atoms with Crippen molar-refractivity contribution in [3.8, 4) is 5.75 Å². The van der Waals surface area contributed by atoms with Crippen LogP contribution in [0.1, 0.15) is 5.56 Å². The van der Waals surface area contributed by atoms with Crippen LogP contribution in [-0.2, 0) is 16.4 Å². The first kappa shape index (κ1) is 12.5. The van der Waals surface area contributed by atoms with E-state index in [0.717, 1.165) is 11.8 Å². The summed E-state index contributed by atoms with van der Waals surface area (Å²) in [5, 5.41) is -0.199. The van der Waals surface area contributed by atoms with E-state index in [9.17, 15) is 8.42 Å². The third-order valence-electron chi connectivity index (χ3n) is 2.18. The normalized spacial score (nSPS) is 11.2. The molecule has 1 aromatic heterocycles. The van der Waals surface area contributed by atoms with Crippen molar-refractivity contribution in [3.63, 3.8) is 0 Å². The van der Waals surface area contributed by atoms with Gasteiger partial charge in [-0.1, -0.05) is 30.3 Å². The molecule has 18 heavy (non-hydrogen) atoms. The SMILES string of the molecule is CS(=O)(=O)c1ncc(OCc2ccccc2)cn1. The average molecular weight is 264 g/mol. The maximum absolute atomic E-state index is 11.2. The Morgan fingerprint density at radius 2 is 1.72 bits per heavy atom. The van der Waals surface area contributed by atoms with Gasteiger partial charge in [0.25, 0.3) is 0 Å². The van der Waals surface area contributed by atoms with E-state index in [-0.39, 0.29) is 5.16 Å². The van der Waals surface area contributed by atoms with Crippen LogP contribution < -0.4 is 4.74 Å². The monoisotopic (exact) mass is 264 g/mol. The van der Waals surface area contributed by atoms with Crippen LogP contribution in [0.5, 0.6) is 5.75 Å². The number of rotatable bonds is 4. The Kier molecular flexibility index (Phi) is 3.57. The number of sulfone groups is 1. The first-order valence-corrected chi connectivity index (χ1v) is 7.14. The highest BCUT2D eigenvalue weighted by molar-refractivity contribution is 7.90. The topological polar surface area (TPSA) is 69.2 Å². The average Bonchev–Trinajstić information content (AvgIpc) is 2.37. The van der Waals surface area contributed by atoms with Gasteiger partial charge in [0, 0.05) is 6.26 Å². The molecular formula is C12H12N2O3S. The first-order chi connectivity index (χ1) is 8.55. The van der Waals surface area contributed by atoms with Gasteiger partial charge in [0.1, 0.15) is 6.61 Å². The van der Waals surface area contributed by atoms with Crippen molar-refractivity contribution >= 4 is 9.84 Å². The Balaban J connectivity index is 2.03. The van der Waals surface area contributed by atoms with E-state index in [2.05, 4.69) is 9.97 Å². The zero-order valence-electron chi connectivity index (χ0n) is 9.78. The molecule has 94 valence electrons. The second-order valence-corrected chi connectivity index (χ2v) is 5.66. The van der Waals surface area contributed by atoms with Crippen molar-refractivity contribution in [2.75, 3.05) is 6.26 Å². The third-order valence-corrected chi connectivity index (χ3v) is 3.06. The Hall–Kier alpha value is -1.95. The standard InChI is InChI=1S/C12H12N2O3S/c1-18(15,16)12-13-7-11(8-14-12)17-9-10-5-3-2-4-6-10/h2-8H,9H2,1H3. The number of hydrogen-bond donors (Lipinski definition) is 0. The van der Waals surface area contributed by atoms with E-state index in [0.29, 0.717) is 12.4 Å². The van der Waals surface area contributed by atoms with Crippen molar-refractivity contribution < 1.29 is 13.2 Å². The molecule has 6 heteroatoms. The summed E-state index contributed by atoms with van der Waals surface area (Å²) in [5.41, 5.74) is 1.02. The summed E-state index contributed by atoms with van der Waals surface area (Å²) in [6.45, 7) is 0.391. The molecule has 0 spiro atoms. The fourth-order valence-corrected chi connectivity index (χ4v) is 1.80. The molecule has 5 nitrogen and oxygen atoms in total. The van der Waals surface area contributed by atoms with E-state index in [1.807, 2.05) is 30.3 Å². The first-order valence-electron chi connectivity index (χ1n) is 5.24. The van der Waals surface area contributed by atoms with Crippen molar-refractivity contribution in [2.45, 2.75) is 11.8 Å². The molecule has 0 fully saturated rings. The summed E-state index contributed by atoms with van der Waals surface area (Å²) in [7, 11) is -3.36. The van der Waals surface area contributed by atoms with Crippen LogP contribution in [0.25, 0.3) is 0 Å². The fraction of sp³-hybridized carbons (Fsp3) is 0.167. The predicted molar refractivity (Wildman–Crippen MR) is 65.9 cm³/mol. The molecule has 0 unspecified atom stereocenters. The smallest absolute Gasteiger partial charge is 0.246 e. The zero-order valence-corrected chi connectivity index (χ0v) is 10.6. The molecule has 0 amide bonds. The van der Waals surface area contributed by atoms with Gasteiger partial charge in [-0.3, -0.25) is 0 Å². The number of ether oxygens (including phenoxy) is 1. The summed E-state index contributed by atoms with van der Waals surface area (Å²) in [5.74, 6) is 0.436. The molecule has 0 bridgehead atoms. The van der Waals surface area contributed by atoms with Crippen molar-refractivity contribution in [2.24, 2.45) is 0 Å². The lowest BCUT2D eigenvalue weighted by Crippen LogP contribution is -2.04. The van der Waals surface area contributed by atoms with Crippen LogP contribution in [-0.4, -0.2) is 24.6 Å². The Labute approximate surface area is 105 Å². The minimum atomic E-state index is -3.36. The molecule has 0 N–H and O–H groups in total. The molecule has 0 aliphatic heterocycles. The Morgan fingerprint density at radius 1 is 1.11 bits per heavy atom. The second kappa shape index (κ2) is 5.14. The highest BCUT2D eigenvalue weighted by Crippen LogP contribution is 2.11. The van der Waals surface area contributed by atoms with Gasteiger partial charge in [-0.15, -0.1) is 0 Å². The van der Waals surface area contributed by atoms with Gasteiger partial charge in [-0.2, -0.15) is 0 Å². The molecule has 0 radical (unpaired) electrons. The van der Waals surface area contributed by atoms with E-state index in [4.69, 9.17) is 4.74 Å². The van der Waals surface area contributed by atoms with Gasteiger partial charge in [0.2, 0.25) is 15.0 Å². The quantitative estimate of drug-likeness (QED) is 0.782. The highest BCUT2D eigenvalue weighted by Gasteiger charge is 2.10. The van der Waals surface area contributed by atoms with E-state index >= 15 is 0 Å². The van der Waals surface area contributed by atoms with Crippen LogP contribution in [0, 0.1) is 0 Å². The molecule has 0 aliphatic carbocycles. The van der Waals surface area contributed by atoms with Gasteiger partial charge in [0.05, 0.1) is 12.4 Å². The Bertz CT molecular complexity index is 610. The van der Waals surface area contributed by atoms with E-state index < -0.39 is 9.84 Å². The molecule has 2 aromatic rings. The number of benzene rings is 1. The van der Waals surface area contributed by atoms with Crippen LogP contribution in [0.4, 0.5) is 0 Å². The second-order valence-electron chi connectivity index (χ2n) is 3.75. The lowest BCUT2D eigenvalue weighted by Gasteiger charge is -2.05. The summed E-state index contributed by atoms with van der Waals surface area (Å²) >= 11 is 0. The van der Waals surface area contributed by atoms with Crippen LogP contribution >= 0.6 is 0 Å². The van der Waals surface area contributed by atoms with Crippen molar-refractivity contribution in [1.82, 2.24) is 9.97 Å². The molecule has 1 heterocycles. The molecule has 0 saturated heterocycles. The molecule has 0 aliphatic rings. The summed E-state index contributed by atoms with van der Waals surface area (Å²) in [6.07, 6.45) is 3.77. The van der Waals surface area contributed by atoms with Crippen LogP contribution in [0.2, 0.25) is 0 Å². The van der Waals surface area contributed by atoms with Crippen molar-refractivity contribution in [1.29, 1.82) is 0 Å². The van der Waals surface area contributed by atoms with Crippen molar-refractivity contribution in [3.05, 3.63) is 48.3 Å². The number of nitrogens with zero attached hydrogens (tertiary/aromatic N) is 2. The largest absolute Gasteiger partial charge is 0.486 e. The molecule has 0 saturated carbocycles. The van der Waals surface area contributed by atoms with E-state index in [1.54, 1.807) is 0 Å². The lowest BCUT2D eigenvalue weighted by molar-refractivity contribution is 0.302. The maximum Gasteiger partial charge on any atom is 0.246 e. The highest BCUT2D eigenvalue weighted by atomic mass is 32.2. The molecular weight excluding hydrogens is 252 g/mol. The fourth-order valence-electron chi connectivity index (χ4n) is 1.31. The van der Waals surface area contributed by atoms with Gasteiger partial charge in [0.15, 0.2) is 5.75 Å². The predicted octanol–water partition coefficient (Wildman–Crippen LogP) is 1.46. The molecule has 1 aromatic carbocycles. The molecule has 2 rings (SSSR count). The van der Waals surface area contributed by atoms with E-state index in [1.165, 1.54) is 12.4 Å². The minimum absolute atomic E-state index is 0.199. The Morgan fingerprint density at radius 3 is 2.28 bits per heavy atom. The van der Waals surface area contributed by atoms with Gasteiger partial charge < -0.3 is 4.74 Å². The van der Waals surface area contributed by atoms with Crippen LogP contribution in [0.15, 0.2) is 47.9 Å².